The molecule has 0 aliphatic carbocycles. The molecule has 4 heteroatoms. The minimum Gasteiger partial charge on any atom is -0.467 e. The molecular formula is C17H19NO3. The Morgan fingerprint density at radius 2 is 1.86 bits per heavy atom. The third-order valence-electron chi connectivity index (χ3n) is 3.12. The van der Waals surface area contributed by atoms with E-state index in [1.54, 1.807) is 7.11 Å². The Labute approximate surface area is 124 Å². The first-order valence-corrected chi connectivity index (χ1v) is 6.72. The highest BCUT2D eigenvalue weighted by Gasteiger charge is 2.21. The van der Waals surface area contributed by atoms with E-state index < -0.39 is 6.04 Å². The van der Waals surface area contributed by atoms with Crippen molar-refractivity contribution >= 4 is 11.7 Å². The molecular weight excluding hydrogens is 266 g/mol. The van der Waals surface area contributed by atoms with E-state index in [0.717, 1.165) is 16.8 Å². The molecule has 0 bridgehead atoms. The van der Waals surface area contributed by atoms with Crippen LogP contribution in [0.1, 0.15) is 17.2 Å². The maximum absolute atomic E-state index is 12.1. The molecule has 0 fully saturated rings. The van der Waals surface area contributed by atoms with Crippen molar-refractivity contribution in [3.05, 3.63) is 65.7 Å². The number of esters is 1. The number of hydrogen-bond acceptors (Lipinski definition) is 4. The molecule has 0 amide bonds. The zero-order chi connectivity index (χ0) is 15.1. The second kappa shape index (κ2) is 7.45. The van der Waals surface area contributed by atoms with Crippen molar-refractivity contribution in [1.29, 1.82) is 0 Å². The van der Waals surface area contributed by atoms with Crippen LogP contribution in [-0.2, 0) is 20.9 Å². The number of methoxy groups -OCH3 is 2. The lowest BCUT2D eigenvalue weighted by atomic mass is 10.0. The van der Waals surface area contributed by atoms with Gasteiger partial charge in [-0.05, 0) is 23.3 Å². The smallest absolute Gasteiger partial charge is 0.332 e. The van der Waals surface area contributed by atoms with Crippen LogP contribution < -0.4 is 5.32 Å². The summed E-state index contributed by atoms with van der Waals surface area (Å²) in [6.07, 6.45) is 0. The van der Waals surface area contributed by atoms with Gasteiger partial charge >= 0.3 is 5.97 Å². The maximum atomic E-state index is 12.1. The highest BCUT2D eigenvalue weighted by molar-refractivity contribution is 5.81. The average molecular weight is 285 g/mol. The molecule has 0 radical (unpaired) electrons. The highest BCUT2D eigenvalue weighted by Crippen LogP contribution is 2.22. The minimum atomic E-state index is -0.547. The Bertz CT molecular complexity index is 584. The Hall–Kier alpha value is -2.33. The van der Waals surface area contributed by atoms with Gasteiger partial charge in [0, 0.05) is 12.8 Å². The number of para-hydroxylation sites is 1. The van der Waals surface area contributed by atoms with Gasteiger partial charge in [0.1, 0.15) is 0 Å². The zero-order valence-electron chi connectivity index (χ0n) is 12.2. The van der Waals surface area contributed by atoms with E-state index in [1.807, 2.05) is 54.6 Å². The summed E-state index contributed by atoms with van der Waals surface area (Å²) in [5, 5.41) is 3.20. The lowest BCUT2D eigenvalue weighted by Gasteiger charge is -2.18. The van der Waals surface area contributed by atoms with Gasteiger partial charge in [0.2, 0.25) is 0 Å². The molecule has 2 aromatic carbocycles. The molecule has 21 heavy (non-hydrogen) atoms. The van der Waals surface area contributed by atoms with E-state index >= 15 is 0 Å². The van der Waals surface area contributed by atoms with Crippen molar-refractivity contribution in [2.45, 2.75) is 12.6 Å². The van der Waals surface area contributed by atoms with Crippen LogP contribution in [0.3, 0.4) is 0 Å². The molecule has 1 unspecified atom stereocenters. The zero-order valence-corrected chi connectivity index (χ0v) is 12.2. The summed E-state index contributed by atoms with van der Waals surface area (Å²) >= 11 is 0. The van der Waals surface area contributed by atoms with Crippen LogP contribution in [0.5, 0.6) is 0 Å². The van der Waals surface area contributed by atoms with Crippen LogP contribution in [0.4, 0.5) is 5.69 Å². The monoisotopic (exact) mass is 285 g/mol. The fraction of sp³-hybridized carbons (Fsp3) is 0.235. The van der Waals surface area contributed by atoms with Crippen molar-refractivity contribution in [1.82, 2.24) is 0 Å². The van der Waals surface area contributed by atoms with Crippen LogP contribution >= 0.6 is 0 Å². The quantitative estimate of drug-likeness (QED) is 0.828. The fourth-order valence-corrected chi connectivity index (χ4v) is 2.13. The van der Waals surface area contributed by atoms with Gasteiger partial charge in [-0.3, -0.25) is 0 Å². The lowest BCUT2D eigenvalue weighted by molar-refractivity contribution is -0.141. The van der Waals surface area contributed by atoms with Gasteiger partial charge in [-0.1, -0.05) is 42.5 Å². The molecule has 0 saturated heterocycles. The third-order valence-corrected chi connectivity index (χ3v) is 3.12. The SMILES string of the molecule is COCc1cccc(C(Nc2ccccc2)C(=O)OC)c1. The van der Waals surface area contributed by atoms with Crippen molar-refractivity contribution in [3.8, 4) is 0 Å². The summed E-state index contributed by atoms with van der Waals surface area (Å²) in [6.45, 7) is 0.507. The summed E-state index contributed by atoms with van der Waals surface area (Å²) in [4.78, 5) is 12.1. The van der Waals surface area contributed by atoms with Gasteiger partial charge in [-0.2, -0.15) is 0 Å². The first kappa shape index (κ1) is 15.1. The van der Waals surface area contributed by atoms with Gasteiger partial charge in [-0.25, -0.2) is 4.79 Å². The second-order valence-corrected chi connectivity index (χ2v) is 4.64. The molecule has 0 aliphatic rings. The lowest BCUT2D eigenvalue weighted by Crippen LogP contribution is -2.22. The first-order chi connectivity index (χ1) is 10.2. The van der Waals surface area contributed by atoms with Crippen LogP contribution in [-0.4, -0.2) is 20.2 Å². The van der Waals surface area contributed by atoms with Gasteiger partial charge in [0.25, 0.3) is 0 Å². The maximum Gasteiger partial charge on any atom is 0.332 e. The Morgan fingerprint density at radius 1 is 1.10 bits per heavy atom. The number of hydrogen-bond donors (Lipinski definition) is 1. The molecule has 0 aromatic heterocycles. The molecule has 1 atom stereocenters. The predicted molar refractivity (Wildman–Crippen MR) is 82.0 cm³/mol. The topological polar surface area (TPSA) is 47.6 Å². The third kappa shape index (κ3) is 4.07. The Balaban J connectivity index is 2.27. The Kier molecular flexibility index (Phi) is 5.35. The van der Waals surface area contributed by atoms with Crippen molar-refractivity contribution in [3.63, 3.8) is 0 Å². The first-order valence-electron chi connectivity index (χ1n) is 6.72. The highest BCUT2D eigenvalue weighted by atomic mass is 16.5. The molecule has 0 saturated carbocycles. The van der Waals surface area contributed by atoms with Crippen molar-refractivity contribution in [2.75, 3.05) is 19.5 Å². The van der Waals surface area contributed by atoms with Gasteiger partial charge in [0.05, 0.1) is 13.7 Å². The van der Waals surface area contributed by atoms with Crippen LogP contribution in [0.2, 0.25) is 0 Å². The summed E-state index contributed by atoms with van der Waals surface area (Å²) in [7, 11) is 3.04. The van der Waals surface area contributed by atoms with E-state index in [1.165, 1.54) is 7.11 Å². The summed E-state index contributed by atoms with van der Waals surface area (Å²) in [6, 6.07) is 16.7. The summed E-state index contributed by atoms with van der Waals surface area (Å²) < 4.78 is 10.0. The largest absolute Gasteiger partial charge is 0.467 e. The molecule has 0 spiro atoms. The van der Waals surface area contributed by atoms with E-state index in [4.69, 9.17) is 9.47 Å². The van der Waals surface area contributed by atoms with E-state index in [-0.39, 0.29) is 5.97 Å². The molecule has 2 aromatic rings. The molecule has 0 aliphatic heterocycles. The van der Waals surface area contributed by atoms with E-state index in [2.05, 4.69) is 5.32 Å². The van der Waals surface area contributed by atoms with Crippen LogP contribution in [0.25, 0.3) is 0 Å². The number of ether oxygens (including phenoxy) is 2. The van der Waals surface area contributed by atoms with Gasteiger partial charge in [0.15, 0.2) is 6.04 Å². The second-order valence-electron chi connectivity index (χ2n) is 4.64. The molecule has 1 N–H and O–H groups in total. The molecule has 4 nitrogen and oxygen atoms in total. The van der Waals surface area contributed by atoms with Crippen molar-refractivity contribution < 1.29 is 14.3 Å². The number of carbonyl (C=O) groups is 1. The number of carbonyl (C=O) groups excluding carboxylic acids is 1. The molecule has 110 valence electrons. The van der Waals surface area contributed by atoms with Gasteiger partial charge < -0.3 is 14.8 Å². The molecule has 2 rings (SSSR count). The normalized spacial score (nSPS) is 11.7. The number of anilines is 1. The van der Waals surface area contributed by atoms with Crippen molar-refractivity contribution in [2.24, 2.45) is 0 Å². The van der Waals surface area contributed by atoms with Gasteiger partial charge in [-0.15, -0.1) is 0 Å². The number of nitrogens with one attached hydrogen (secondary N) is 1. The van der Waals surface area contributed by atoms with Crippen LogP contribution in [0, 0.1) is 0 Å². The summed E-state index contributed by atoms with van der Waals surface area (Å²) in [5.74, 6) is -0.326. The minimum absolute atomic E-state index is 0.326. The predicted octanol–water partition coefficient (Wildman–Crippen LogP) is 3.16. The summed E-state index contributed by atoms with van der Waals surface area (Å²) in [5.41, 5.74) is 2.73. The standard InChI is InChI=1S/C17H19NO3/c1-20-12-13-7-6-8-14(11-13)16(17(19)21-2)18-15-9-4-3-5-10-15/h3-11,16,18H,12H2,1-2H3. The average Bonchev–Trinajstić information content (AvgIpc) is 2.53. The van der Waals surface area contributed by atoms with E-state index in [0.29, 0.717) is 6.61 Å². The van der Waals surface area contributed by atoms with E-state index in [9.17, 15) is 4.79 Å². The molecule has 0 heterocycles. The Morgan fingerprint density at radius 3 is 2.52 bits per heavy atom. The fourth-order valence-electron chi connectivity index (χ4n) is 2.13. The van der Waals surface area contributed by atoms with Crippen LogP contribution in [0.15, 0.2) is 54.6 Å². The number of benzene rings is 2. The number of rotatable bonds is 6.